The molecule has 0 bridgehead atoms. The molecule has 0 radical (unpaired) electrons. The second kappa shape index (κ2) is 6.27. The van der Waals surface area contributed by atoms with E-state index in [2.05, 4.69) is 0 Å². The molecule has 0 spiro atoms. The summed E-state index contributed by atoms with van der Waals surface area (Å²) in [7, 11) is 0. The Morgan fingerprint density at radius 3 is 2.35 bits per heavy atom. The highest BCUT2D eigenvalue weighted by Crippen LogP contribution is 2.33. The summed E-state index contributed by atoms with van der Waals surface area (Å²) in [4.78, 5) is 22.2. The predicted molar refractivity (Wildman–Crippen MR) is 71.5 cm³/mol. The van der Waals surface area contributed by atoms with Crippen molar-refractivity contribution in [2.45, 2.75) is 20.8 Å². The maximum absolute atomic E-state index is 11.2. The zero-order chi connectivity index (χ0) is 15.3. The lowest BCUT2D eigenvalue weighted by molar-refractivity contribution is -0.148. The van der Waals surface area contributed by atoms with E-state index in [0.29, 0.717) is 6.61 Å². The number of ether oxygens (including phenoxy) is 2. The molecule has 0 aliphatic rings. The van der Waals surface area contributed by atoms with Gasteiger partial charge in [-0.05, 0) is 32.9 Å². The van der Waals surface area contributed by atoms with Gasteiger partial charge in [-0.3, -0.25) is 4.79 Å². The van der Waals surface area contributed by atoms with Gasteiger partial charge in [-0.15, -0.1) is 0 Å². The Kier molecular flexibility index (Phi) is 4.96. The van der Waals surface area contributed by atoms with Crippen molar-refractivity contribution in [3.05, 3.63) is 23.8 Å². The third-order valence-corrected chi connectivity index (χ3v) is 2.67. The van der Waals surface area contributed by atoms with Crippen molar-refractivity contribution in [3.8, 4) is 11.5 Å². The van der Waals surface area contributed by atoms with Crippen LogP contribution in [0.15, 0.2) is 18.2 Å². The monoisotopic (exact) mass is 282 g/mol. The molecule has 0 aliphatic heterocycles. The quantitative estimate of drug-likeness (QED) is 0.797. The van der Waals surface area contributed by atoms with E-state index in [0.717, 1.165) is 0 Å². The van der Waals surface area contributed by atoms with Gasteiger partial charge in [0.05, 0.1) is 12.0 Å². The van der Waals surface area contributed by atoms with E-state index >= 15 is 0 Å². The Bertz CT molecular complexity index is 506. The molecule has 1 aromatic carbocycles. The Balaban J connectivity index is 3.08. The number of aliphatic carboxylic acids is 1. The fourth-order valence-corrected chi connectivity index (χ4v) is 1.42. The van der Waals surface area contributed by atoms with Gasteiger partial charge in [-0.1, -0.05) is 6.07 Å². The minimum atomic E-state index is -1.16. The van der Waals surface area contributed by atoms with E-state index in [-0.39, 0.29) is 23.7 Å². The minimum absolute atomic E-state index is 0.0520. The number of carbonyl (C=O) groups is 2. The molecule has 0 saturated carbocycles. The molecule has 1 rings (SSSR count). The van der Waals surface area contributed by atoms with Crippen molar-refractivity contribution in [2.24, 2.45) is 5.41 Å². The molecule has 110 valence electrons. The Hall–Kier alpha value is -2.24. The molecular formula is C14H18O6. The first kappa shape index (κ1) is 15.8. The van der Waals surface area contributed by atoms with E-state index in [9.17, 15) is 9.59 Å². The molecule has 0 saturated heterocycles. The van der Waals surface area contributed by atoms with Crippen molar-refractivity contribution in [3.63, 3.8) is 0 Å². The van der Waals surface area contributed by atoms with Gasteiger partial charge >= 0.3 is 11.9 Å². The van der Waals surface area contributed by atoms with Crippen LogP contribution in [0.5, 0.6) is 11.5 Å². The number of rotatable bonds is 7. The van der Waals surface area contributed by atoms with Crippen LogP contribution in [0, 0.1) is 5.41 Å². The molecule has 1 aromatic rings. The lowest BCUT2D eigenvalue weighted by Gasteiger charge is -2.21. The summed E-state index contributed by atoms with van der Waals surface area (Å²) >= 11 is 0. The SMILES string of the molecule is CCOc1cccc(C(=O)O)c1OCC(C)(C)C(=O)O. The maximum Gasteiger partial charge on any atom is 0.339 e. The summed E-state index contributed by atoms with van der Waals surface area (Å²) in [5, 5.41) is 18.2. The summed E-state index contributed by atoms with van der Waals surface area (Å²) in [5.41, 5.74) is -1.19. The smallest absolute Gasteiger partial charge is 0.339 e. The van der Waals surface area contributed by atoms with Gasteiger partial charge in [0.1, 0.15) is 12.2 Å². The van der Waals surface area contributed by atoms with E-state index in [1.165, 1.54) is 19.9 Å². The van der Waals surface area contributed by atoms with Crippen LogP contribution in [0.2, 0.25) is 0 Å². The molecule has 2 N–H and O–H groups in total. The van der Waals surface area contributed by atoms with Crippen LogP contribution in [-0.2, 0) is 4.79 Å². The number of aromatic carboxylic acids is 1. The summed E-state index contributed by atoms with van der Waals surface area (Å²) < 4.78 is 10.7. The van der Waals surface area contributed by atoms with Crippen molar-refractivity contribution in [2.75, 3.05) is 13.2 Å². The van der Waals surface area contributed by atoms with Gasteiger partial charge < -0.3 is 19.7 Å². The number of hydrogen-bond acceptors (Lipinski definition) is 4. The highest BCUT2D eigenvalue weighted by Gasteiger charge is 2.29. The Morgan fingerprint density at radius 2 is 1.85 bits per heavy atom. The molecule has 0 unspecified atom stereocenters. The van der Waals surface area contributed by atoms with Crippen LogP contribution in [-0.4, -0.2) is 35.4 Å². The average Bonchev–Trinajstić information content (AvgIpc) is 2.37. The zero-order valence-electron chi connectivity index (χ0n) is 11.7. The Morgan fingerprint density at radius 1 is 1.20 bits per heavy atom. The molecule has 6 nitrogen and oxygen atoms in total. The summed E-state index contributed by atoms with van der Waals surface area (Å²) in [5.74, 6) is -1.84. The van der Waals surface area contributed by atoms with Crippen LogP contribution >= 0.6 is 0 Å². The van der Waals surface area contributed by atoms with Crippen molar-refractivity contribution >= 4 is 11.9 Å². The lowest BCUT2D eigenvalue weighted by Crippen LogP contribution is -2.31. The van der Waals surface area contributed by atoms with Gasteiger partial charge in [0.25, 0.3) is 0 Å². The summed E-state index contributed by atoms with van der Waals surface area (Å²) in [6.07, 6.45) is 0. The number of benzene rings is 1. The van der Waals surface area contributed by atoms with E-state index < -0.39 is 17.4 Å². The van der Waals surface area contributed by atoms with Crippen LogP contribution in [0.25, 0.3) is 0 Å². The number of hydrogen-bond donors (Lipinski definition) is 2. The average molecular weight is 282 g/mol. The van der Waals surface area contributed by atoms with E-state index in [4.69, 9.17) is 19.7 Å². The van der Waals surface area contributed by atoms with Crippen LogP contribution < -0.4 is 9.47 Å². The number of carboxylic acid groups (broad SMARTS) is 2. The van der Waals surface area contributed by atoms with Crippen molar-refractivity contribution in [1.29, 1.82) is 0 Å². The fraction of sp³-hybridized carbons (Fsp3) is 0.429. The van der Waals surface area contributed by atoms with Gasteiger partial charge in [0.15, 0.2) is 11.5 Å². The van der Waals surface area contributed by atoms with E-state index in [1.54, 1.807) is 19.1 Å². The first-order valence-electron chi connectivity index (χ1n) is 6.15. The molecule has 0 amide bonds. The van der Waals surface area contributed by atoms with Crippen molar-refractivity contribution in [1.82, 2.24) is 0 Å². The van der Waals surface area contributed by atoms with E-state index in [1.807, 2.05) is 0 Å². The van der Waals surface area contributed by atoms with Gasteiger partial charge in [-0.2, -0.15) is 0 Å². The molecule has 6 heteroatoms. The van der Waals surface area contributed by atoms with Crippen molar-refractivity contribution < 1.29 is 29.3 Å². The number of carboxylic acids is 2. The topological polar surface area (TPSA) is 93.1 Å². The zero-order valence-corrected chi connectivity index (χ0v) is 11.7. The second-order valence-corrected chi connectivity index (χ2v) is 4.85. The molecule has 0 fully saturated rings. The first-order chi connectivity index (χ1) is 9.29. The molecule has 0 aromatic heterocycles. The van der Waals surface area contributed by atoms with Crippen LogP contribution in [0.1, 0.15) is 31.1 Å². The van der Waals surface area contributed by atoms with Gasteiger partial charge in [0, 0.05) is 0 Å². The first-order valence-corrected chi connectivity index (χ1v) is 6.15. The third kappa shape index (κ3) is 3.63. The van der Waals surface area contributed by atoms with Crippen LogP contribution in [0.4, 0.5) is 0 Å². The fourth-order valence-electron chi connectivity index (χ4n) is 1.42. The minimum Gasteiger partial charge on any atom is -0.490 e. The second-order valence-electron chi connectivity index (χ2n) is 4.85. The standard InChI is InChI=1S/C14H18O6/c1-4-19-10-7-5-6-9(12(15)16)11(10)20-8-14(2,3)13(17)18/h5-7H,4,8H2,1-3H3,(H,15,16)(H,17,18). The van der Waals surface area contributed by atoms with Crippen LogP contribution in [0.3, 0.4) is 0 Å². The highest BCUT2D eigenvalue weighted by molar-refractivity contribution is 5.92. The molecule has 0 atom stereocenters. The summed E-state index contributed by atoms with van der Waals surface area (Å²) in [6.45, 7) is 4.95. The summed E-state index contributed by atoms with van der Waals surface area (Å²) in [6, 6.07) is 4.51. The molecular weight excluding hydrogens is 264 g/mol. The lowest BCUT2D eigenvalue weighted by atomic mass is 9.95. The molecule has 0 aliphatic carbocycles. The maximum atomic E-state index is 11.2. The Labute approximate surface area is 116 Å². The third-order valence-electron chi connectivity index (χ3n) is 2.67. The van der Waals surface area contributed by atoms with Gasteiger partial charge in [0.2, 0.25) is 0 Å². The highest BCUT2D eigenvalue weighted by atomic mass is 16.5. The largest absolute Gasteiger partial charge is 0.490 e. The number of para-hydroxylation sites is 1. The van der Waals surface area contributed by atoms with Gasteiger partial charge in [-0.25, -0.2) is 4.79 Å². The molecule has 20 heavy (non-hydrogen) atoms. The molecule has 0 heterocycles. The predicted octanol–water partition coefficient (Wildman–Crippen LogP) is 2.27. The normalized spacial score (nSPS) is 10.9.